The first kappa shape index (κ1) is 23.6. The van der Waals surface area contributed by atoms with Crippen LogP contribution in [-0.2, 0) is 17.9 Å². The third-order valence-electron chi connectivity index (χ3n) is 8.59. The maximum absolute atomic E-state index is 12.9. The second kappa shape index (κ2) is 9.61. The Kier molecular flexibility index (Phi) is 6.31. The van der Waals surface area contributed by atoms with Crippen LogP contribution in [0, 0.1) is 23.2 Å². The van der Waals surface area contributed by atoms with Gasteiger partial charge in [-0.2, -0.15) is 4.80 Å². The standard InChI is InChI=1S/C26H34N8OS/c1-3-33-22(15-34-31-24(29-32-34)21-7-5-4-6-8-21)28-30-25(33)36-16-23(35)27-17(2)26-12-18-9-19(13-26)11-20(10-18)14-26/h4-8,17-20H,3,9-16H2,1-2H3,(H,27,35)/t17-,18?,19?,20?,26?/m1/s1. The number of benzene rings is 1. The third kappa shape index (κ3) is 4.55. The SMILES string of the molecule is CCn1c(Cn2nnc(-c3ccccc3)n2)nnc1SCC(=O)N[C@H](C)C12CC3CC(CC(C3)C1)C2. The van der Waals surface area contributed by atoms with Gasteiger partial charge in [0.2, 0.25) is 11.7 Å². The third-order valence-corrected chi connectivity index (χ3v) is 9.56. The Bertz CT molecular complexity index is 1190. The summed E-state index contributed by atoms with van der Waals surface area (Å²) in [6.45, 7) is 5.36. The molecule has 0 radical (unpaired) electrons. The molecule has 2 aromatic heterocycles. The van der Waals surface area contributed by atoms with Crippen LogP contribution in [0.1, 0.15) is 58.2 Å². The first-order valence-electron chi connectivity index (χ1n) is 13.2. The Morgan fingerprint density at radius 3 is 2.44 bits per heavy atom. The van der Waals surface area contributed by atoms with Crippen molar-refractivity contribution < 1.29 is 4.79 Å². The van der Waals surface area contributed by atoms with Crippen molar-refractivity contribution in [1.82, 2.24) is 40.3 Å². The predicted molar refractivity (Wildman–Crippen MR) is 137 cm³/mol. The maximum atomic E-state index is 12.9. The normalized spacial score (nSPS) is 27.3. The number of amides is 1. The van der Waals surface area contributed by atoms with Gasteiger partial charge in [0.15, 0.2) is 11.0 Å². The molecule has 4 aliphatic rings. The average Bonchev–Trinajstić information content (AvgIpc) is 3.49. The minimum absolute atomic E-state index is 0.0842. The number of carbonyl (C=O) groups excluding carboxylic acids is 1. The number of nitrogens with zero attached hydrogens (tertiary/aromatic N) is 7. The molecule has 4 fully saturated rings. The van der Waals surface area contributed by atoms with Crippen molar-refractivity contribution in [2.75, 3.05) is 5.75 Å². The van der Waals surface area contributed by atoms with Crippen LogP contribution in [0.15, 0.2) is 35.5 Å². The van der Waals surface area contributed by atoms with Crippen molar-refractivity contribution in [3.8, 4) is 11.4 Å². The summed E-state index contributed by atoms with van der Waals surface area (Å²) < 4.78 is 2.02. The Balaban J connectivity index is 1.06. The summed E-state index contributed by atoms with van der Waals surface area (Å²) in [5.74, 6) is 4.41. The second-order valence-electron chi connectivity index (χ2n) is 11.0. The van der Waals surface area contributed by atoms with Crippen LogP contribution >= 0.6 is 11.8 Å². The molecule has 0 aliphatic heterocycles. The van der Waals surface area contributed by atoms with E-state index in [2.05, 4.69) is 44.8 Å². The van der Waals surface area contributed by atoms with Crippen molar-refractivity contribution in [3.05, 3.63) is 36.2 Å². The van der Waals surface area contributed by atoms with Crippen LogP contribution in [0.5, 0.6) is 0 Å². The molecule has 2 heterocycles. The van der Waals surface area contributed by atoms with Crippen LogP contribution in [0.4, 0.5) is 0 Å². The van der Waals surface area contributed by atoms with Crippen molar-refractivity contribution in [1.29, 1.82) is 0 Å². The van der Waals surface area contributed by atoms with Gasteiger partial charge in [0.1, 0.15) is 6.54 Å². The number of carbonyl (C=O) groups is 1. The first-order valence-corrected chi connectivity index (χ1v) is 14.2. The van der Waals surface area contributed by atoms with Crippen LogP contribution in [-0.4, -0.2) is 52.7 Å². The molecule has 7 rings (SSSR count). The summed E-state index contributed by atoms with van der Waals surface area (Å²) in [6, 6.07) is 10.0. The zero-order valence-electron chi connectivity index (χ0n) is 21.0. The molecule has 9 nitrogen and oxygen atoms in total. The fourth-order valence-electron chi connectivity index (χ4n) is 7.27. The molecule has 4 saturated carbocycles. The topological polar surface area (TPSA) is 103 Å². The van der Waals surface area contributed by atoms with E-state index in [9.17, 15) is 4.79 Å². The van der Waals surface area contributed by atoms with Crippen LogP contribution in [0.25, 0.3) is 11.4 Å². The van der Waals surface area contributed by atoms with Gasteiger partial charge < -0.3 is 9.88 Å². The molecule has 1 aromatic carbocycles. The number of aromatic nitrogens is 7. The van der Waals surface area contributed by atoms with E-state index in [1.54, 1.807) is 0 Å². The highest BCUT2D eigenvalue weighted by Crippen LogP contribution is 2.61. The smallest absolute Gasteiger partial charge is 0.230 e. The molecule has 3 aromatic rings. The van der Waals surface area contributed by atoms with Crippen molar-refractivity contribution >= 4 is 17.7 Å². The molecular weight excluding hydrogens is 472 g/mol. The lowest BCUT2D eigenvalue weighted by atomic mass is 9.48. The Morgan fingerprint density at radius 1 is 1.08 bits per heavy atom. The molecule has 4 aliphatic carbocycles. The van der Waals surface area contributed by atoms with E-state index >= 15 is 0 Å². The highest BCUT2D eigenvalue weighted by atomic mass is 32.2. The van der Waals surface area contributed by atoms with Crippen LogP contribution in [0.2, 0.25) is 0 Å². The van der Waals surface area contributed by atoms with E-state index in [1.807, 2.05) is 34.9 Å². The van der Waals surface area contributed by atoms with Crippen molar-refractivity contribution in [2.45, 2.75) is 76.7 Å². The molecule has 0 saturated heterocycles. The Hall–Kier alpha value is -2.75. The number of hydrogen-bond acceptors (Lipinski definition) is 7. The highest BCUT2D eigenvalue weighted by molar-refractivity contribution is 7.99. The van der Waals surface area contributed by atoms with Gasteiger partial charge in [-0.1, -0.05) is 42.1 Å². The number of hydrogen-bond donors (Lipinski definition) is 1. The predicted octanol–water partition coefficient (Wildman–Crippen LogP) is 3.81. The lowest BCUT2D eigenvalue weighted by Gasteiger charge is -2.59. The van der Waals surface area contributed by atoms with Crippen LogP contribution in [0.3, 0.4) is 0 Å². The number of tetrazole rings is 1. The summed E-state index contributed by atoms with van der Waals surface area (Å²) in [4.78, 5) is 14.5. The number of rotatable bonds is 9. The second-order valence-corrected chi connectivity index (χ2v) is 12.0. The molecular formula is C26H34N8OS. The van der Waals surface area contributed by atoms with Crippen molar-refractivity contribution in [2.24, 2.45) is 23.2 Å². The molecule has 0 unspecified atom stereocenters. The lowest BCUT2D eigenvalue weighted by Crippen LogP contribution is -2.56. The van der Waals surface area contributed by atoms with E-state index in [0.717, 1.165) is 34.3 Å². The summed E-state index contributed by atoms with van der Waals surface area (Å²) >= 11 is 1.44. The summed E-state index contributed by atoms with van der Waals surface area (Å²) in [6.07, 6.45) is 8.14. The number of nitrogens with one attached hydrogen (secondary N) is 1. The van der Waals surface area contributed by atoms with Gasteiger partial charge in [0.25, 0.3) is 0 Å². The van der Waals surface area contributed by atoms with Gasteiger partial charge in [0.05, 0.1) is 5.75 Å². The van der Waals surface area contributed by atoms with Gasteiger partial charge in [-0.3, -0.25) is 4.79 Å². The quantitative estimate of drug-likeness (QED) is 0.440. The molecule has 4 bridgehead atoms. The fourth-order valence-corrected chi connectivity index (χ4v) is 8.11. The minimum atomic E-state index is 0.0842. The lowest BCUT2D eigenvalue weighted by molar-refractivity contribution is -0.123. The summed E-state index contributed by atoms with van der Waals surface area (Å²) in [5.41, 5.74) is 1.24. The van der Waals surface area contributed by atoms with E-state index in [1.165, 1.54) is 55.1 Å². The fraction of sp³-hybridized carbons (Fsp3) is 0.615. The maximum Gasteiger partial charge on any atom is 0.230 e. The summed E-state index contributed by atoms with van der Waals surface area (Å²) in [5, 5.41) is 25.7. The summed E-state index contributed by atoms with van der Waals surface area (Å²) in [7, 11) is 0. The molecule has 190 valence electrons. The number of thioether (sulfide) groups is 1. The monoisotopic (exact) mass is 506 g/mol. The minimum Gasteiger partial charge on any atom is -0.352 e. The highest BCUT2D eigenvalue weighted by Gasteiger charge is 2.53. The average molecular weight is 507 g/mol. The molecule has 1 amide bonds. The van der Waals surface area contributed by atoms with E-state index in [4.69, 9.17) is 0 Å². The zero-order chi connectivity index (χ0) is 24.7. The molecule has 1 N–H and O–H groups in total. The van der Waals surface area contributed by atoms with E-state index < -0.39 is 0 Å². The molecule has 0 spiro atoms. The van der Waals surface area contributed by atoms with Crippen LogP contribution < -0.4 is 5.32 Å². The van der Waals surface area contributed by atoms with Gasteiger partial charge >= 0.3 is 0 Å². The largest absolute Gasteiger partial charge is 0.352 e. The van der Waals surface area contributed by atoms with Gasteiger partial charge in [-0.05, 0) is 80.8 Å². The van der Waals surface area contributed by atoms with E-state index in [-0.39, 0.29) is 11.9 Å². The Morgan fingerprint density at radius 2 is 1.78 bits per heavy atom. The Labute approximate surface area is 215 Å². The van der Waals surface area contributed by atoms with Gasteiger partial charge in [0, 0.05) is 18.2 Å². The molecule has 1 atom stereocenters. The first-order chi connectivity index (χ1) is 17.5. The zero-order valence-corrected chi connectivity index (χ0v) is 21.8. The molecule has 10 heteroatoms. The van der Waals surface area contributed by atoms with E-state index in [0.29, 0.717) is 30.1 Å². The van der Waals surface area contributed by atoms with Gasteiger partial charge in [-0.15, -0.1) is 20.4 Å². The molecule has 36 heavy (non-hydrogen) atoms. The van der Waals surface area contributed by atoms with Gasteiger partial charge in [-0.25, -0.2) is 0 Å². The van der Waals surface area contributed by atoms with Crippen molar-refractivity contribution in [3.63, 3.8) is 0 Å².